The molecule has 4 aromatic rings. The molecule has 0 spiro atoms. The summed E-state index contributed by atoms with van der Waals surface area (Å²) in [5.41, 5.74) is 3.53. The second kappa shape index (κ2) is 11.0. The first-order valence-corrected chi connectivity index (χ1v) is 12.0. The van der Waals surface area contributed by atoms with Crippen molar-refractivity contribution >= 4 is 40.2 Å². The number of nitrogens with one attached hydrogen (secondary N) is 4. The van der Waals surface area contributed by atoms with Crippen molar-refractivity contribution in [2.75, 3.05) is 10.6 Å². The number of benzene rings is 2. The van der Waals surface area contributed by atoms with Crippen molar-refractivity contribution in [1.82, 2.24) is 25.3 Å². The largest absolute Gasteiger partial charge is 0.512 e. The van der Waals surface area contributed by atoms with Crippen molar-refractivity contribution in [2.24, 2.45) is 5.41 Å². The van der Waals surface area contributed by atoms with E-state index in [2.05, 4.69) is 35.9 Å². The van der Waals surface area contributed by atoms with Crippen molar-refractivity contribution in [3.63, 3.8) is 0 Å². The molecule has 0 bridgehead atoms. The first kappa shape index (κ1) is 26.2. The van der Waals surface area contributed by atoms with E-state index in [-0.39, 0.29) is 11.6 Å². The number of hydrogen-bond acceptors (Lipinski definition) is 9. The molecule has 10 nitrogen and oxygen atoms in total. The van der Waals surface area contributed by atoms with Crippen LogP contribution >= 0.6 is 0 Å². The second-order valence-electron chi connectivity index (χ2n) is 9.79. The SMILES string of the molecule is Cc1ccc(C(=O)NC(=N)/C=C(\O)C(C)(C)C)cc1Nc1ncnc2cnc(NCc3ccccc3)nc12. The van der Waals surface area contributed by atoms with Gasteiger partial charge in [0.15, 0.2) is 5.82 Å². The Hall–Kier alpha value is -4.86. The van der Waals surface area contributed by atoms with Crippen LogP contribution in [0.25, 0.3) is 11.0 Å². The minimum absolute atomic E-state index is 0.00400. The highest BCUT2D eigenvalue weighted by Crippen LogP contribution is 2.26. The highest BCUT2D eigenvalue weighted by Gasteiger charge is 2.18. The number of carbonyl (C=O) groups is 1. The average Bonchev–Trinajstić information content (AvgIpc) is 2.88. The summed E-state index contributed by atoms with van der Waals surface area (Å²) in [4.78, 5) is 30.4. The van der Waals surface area contributed by atoms with Gasteiger partial charge in [-0.25, -0.2) is 19.9 Å². The van der Waals surface area contributed by atoms with Crippen molar-refractivity contribution in [1.29, 1.82) is 5.41 Å². The van der Waals surface area contributed by atoms with Crippen LogP contribution in [0.5, 0.6) is 0 Å². The van der Waals surface area contributed by atoms with Crippen molar-refractivity contribution in [3.8, 4) is 0 Å². The van der Waals surface area contributed by atoms with Gasteiger partial charge in [0.25, 0.3) is 5.91 Å². The van der Waals surface area contributed by atoms with Gasteiger partial charge in [0.2, 0.25) is 5.95 Å². The number of aliphatic hydroxyl groups is 1. The monoisotopic (exact) mass is 510 g/mol. The van der Waals surface area contributed by atoms with Gasteiger partial charge in [0.1, 0.15) is 29.0 Å². The number of aromatic nitrogens is 4. The molecular weight excluding hydrogens is 480 g/mol. The zero-order chi connectivity index (χ0) is 27.3. The van der Waals surface area contributed by atoms with E-state index in [4.69, 9.17) is 5.41 Å². The van der Waals surface area contributed by atoms with Gasteiger partial charge in [-0.2, -0.15) is 0 Å². The quantitative estimate of drug-likeness (QED) is 0.128. The Morgan fingerprint density at radius 2 is 1.84 bits per heavy atom. The van der Waals surface area contributed by atoms with E-state index in [1.165, 1.54) is 12.4 Å². The fourth-order valence-electron chi connectivity index (χ4n) is 3.42. The van der Waals surface area contributed by atoms with E-state index in [9.17, 15) is 9.90 Å². The van der Waals surface area contributed by atoms with Crippen LogP contribution in [0.4, 0.5) is 17.5 Å². The third kappa shape index (κ3) is 6.47. The zero-order valence-corrected chi connectivity index (χ0v) is 21.7. The maximum atomic E-state index is 12.8. The lowest BCUT2D eigenvalue weighted by Crippen LogP contribution is -2.29. The van der Waals surface area contributed by atoms with Gasteiger partial charge in [0, 0.05) is 29.3 Å². The predicted molar refractivity (Wildman–Crippen MR) is 149 cm³/mol. The Bertz CT molecular complexity index is 1510. The van der Waals surface area contributed by atoms with E-state index in [0.29, 0.717) is 40.6 Å². The fourth-order valence-corrected chi connectivity index (χ4v) is 3.42. The molecule has 194 valence electrons. The third-order valence-corrected chi connectivity index (χ3v) is 5.72. The molecule has 0 aliphatic carbocycles. The molecule has 0 saturated carbocycles. The molecule has 10 heteroatoms. The van der Waals surface area contributed by atoms with Gasteiger partial charge < -0.3 is 21.1 Å². The van der Waals surface area contributed by atoms with Crippen LogP contribution in [0.3, 0.4) is 0 Å². The number of aliphatic hydroxyl groups excluding tert-OH is 1. The van der Waals surface area contributed by atoms with Gasteiger partial charge in [-0.3, -0.25) is 10.2 Å². The van der Waals surface area contributed by atoms with Crippen LogP contribution in [0.2, 0.25) is 0 Å². The van der Waals surface area contributed by atoms with Gasteiger partial charge in [0.05, 0.1) is 6.20 Å². The number of allylic oxidation sites excluding steroid dienone is 1. The Morgan fingerprint density at radius 1 is 1.08 bits per heavy atom. The van der Waals surface area contributed by atoms with E-state index in [0.717, 1.165) is 11.1 Å². The van der Waals surface area contributed by atoms with Crippen LogP contribution in [0.15, 0.2) is 72.9 Å². The Balaban J connectivity index is 1.54. The molecule has 0 saturated heterocycles. The molecule has 0 unspecified atom stereocenters. The molecule has 0 atom stereocenters. The summed E-state index contributed by atoms with van der Waals surface area (Å²) >= 11 is 0. The first-order valence-electron chi connectivity index (χ1n) is 12.0. The smallest absolute Gasteiger partial charge is 0.256 e. The maximum absolute atomic E-state index is 12.8. The lowest BCUT2D eigenvalue weighted by Gasteiger charge is -2.17. The van der Waals surface area contributed by atoms with E-state index >= 15 is 0 Å². The Labute approximate surface area is 220 Å². The number of nitrogens with zero attached hydrogens (tertiary/aromatic N) is 4. The molecule has 2 aromatic carbocycles. The summed E-state index contributed by atoms with van der Waals surface area (Å²) in [7, 11) is 0. The van der Waals surface area contributed by atoms with E-state index in [1.807, 2.05) is 58.0 Å². The minimum atomic E-state index is -0.529. The number of anilines is 3. The number of aryl methyl sites for hydroxylation is 1. The average molecular weight is 511 g/mol. The molecule has 0 fully saturated rings. The van der Waals surface area contributed by atoms with Crippen molar-refractivity contribution < 1.29 is 9.90 Å². The molecule has 0 radical (unpaired) electrons. The standard InChI is InChI=1S/C28H30N8O2/c1-17-10-11-19(26(38)35-23(29)13-22(37)28(2,3)4)12-20(17)34-25-24-21(32-16-33-25)15-31-27(36-24)30-14-18-8-6-5-7-9-18/h5-13,15-16,37H,14H2,1-4H3,(H2,29,35,38)(H,30,31,36)(H,32,33,34)/b22-13-. The molecule has 4 rings (SSSR count). The lowest BCUT2D eigenvalue weighted by molar-refractivity contribution is 0.0977. The molecule has 5 N–H and O–H groups in total. The normalized spacial score (nSPS) is 11.7. The topological polar surface area (TPSA) is 149 Å². The van der Waals surface area contributed by atoms with Crippen molar-refractivity contribution in [3.05, 3.63) is 89.6 Å². The van der Waals surface area contributed by atoms with Crippen LogP contribution in [0.1, 0.15) is 42.3 Å². The molecule has 38 heavy (non-hydrogen) atoms. The van der Waals surface area contributed by atoms with Crippen LogP contribution in [-0.4, -0.2) is 36.8 Å². The van der Waals surface area contributed by atoms with Crippen molar-refractivity contribution in [2.45, 2.75) is 34.2 Å². The fraction of sp³-hybridized carbons (Fsp3) is 0.214. The molecule has 1 amide bonds. The van der Waals surface area contributed by atoms with E-state index < -0.39 is 11.3 Å². The van der Waals surface area contributed by atoms with Gasteiger partial charge in [-0.15, -0.1) is 0 Å². The number of carbonyl (C=O) groups excluding carboxylic acids is 1. The van der Waals surface area contributed by atoms with Gasteiger partial charge in [-0.1, -0.05) is 57.2 Å². The van der Waals surface area contributed by atoms with Gasteiger partial charge >= 0.3 is 0 Å². The summed E-state index contributed by atoms with van der Waals surface area (Å²) in [5, 5.41) is 27.1. The number of amides is 1. The van der Waals surface area contributed by atoms with Crippen LogP contribution in [-0.2, 0) is 6.54 Å². The molecule has 2 aromatic heterocycles. The predicted octanol–water partition coefficient (Wildman–Crippen LogP) is 5.28. The number of fused-ring (bicyclic) bond motifs is 1. The summed E-state index contributed by atoms with van der Waals surface area (Å²) in [6, 6.07) is 15.1. The first-order chi connectivity index (χ1) is 18.1. The maximum Gasteiger partial charge on any atom is 0.256 e. The lowest BCUT2D eigenvalue weighted by atomic mass is 9.93. The highest BCUT2D eigenvalue weighted by atomic mass is 16.3. The zero-order valence-electron chi connectivity index (χ0n) is 21.7. The summed E-state index contributed by atoms with van der Waals surface area (Å²) < 4.78 is 0. The molecular formula is C28H30N8O2. The summed E-state index contributed by atoms with van der Waals surface area (Å²) in [5.74, 6) is 0.231. The third-order valence-electron chi connectivity index (χ3n) is 5.72. The number of hydrogen-bond donors (Lipinski definition) is 5. The highest BCUT2D eigenvalue weighted by molar-refractivity contribution is 6.09. The minimum Gasteiger partial charge on any atom is -0.512 e. The Morgan fingerprint density at radius 3 is 2.58 bits per heavy atom. The molecule has 2 heterocycles. The summed E-state index contributed by atoms with van der Waals surface area (Å²) in [6.07, 6.45) is 4.29. The van der Waals surface area contributed by atoms with E-state index in [1.54, 1.807) is 24.4 Å². The van der Waals surface area contributed by atoms with Crippen LogP contribution in [0, 0.1) is 17.7 Å². The molecule has 0 aliphatic heterocycles. The summed E-state index contributed by atoms with van der Waals surface area (Å²) in [6.45, 7) is 7.92. The number of rotatable bonds is 7. The van der Waals surface area contributed by atoms with Gasteiger partial charge in [-0.05, 0) is 30.2 Å². The Kier molecular flexibility index (Phi) is 7.61. The second-order valence-corrected chi connectivity index (χ2v) is 9.79. The van der Waals surface area contributed by atoms with Crippen LogP contribution < -0.4 is 16.0 Å². The number of amidine groups is 1. The molecule has 0 aliphatic rings.